The summed E-state index contributed by atoms with van der Waals surface area (Å²) in [5.74, 6) is 0.435. The molecule has 0 atom stereocenters. The van der Waals surface area contributed by atoms with Gasteiger partial charge in [-0.05, 0) is 24.3 Å². The lowest BCUT2D eigenvalue weighted by Crippen LogP contribution is -2.16. The minimum Gasteiger partial charge on any atom is -0.493 e. The van der Waals surface area contributed by atoms with E-state index in [1.165, 1.54) is 14.2 Å². The second-order valence-corrected chi connectivity index (χ2v) is 5.09. The molecule has 2 heterocycles. The SMILES string of the molecule is COc1ccccc1Oc1c(OC)nc(-c2ccncc2)nc1C(N)=O. The van der Waals surface area contributed by atoms with Gasteiger partial charge in [-0.25, -0.2) is 4.98 Å². The number of nitrogens with zero attached hydrogens (tertiary/aromatic N) is 3. The number of pyridine rings is 1. The minimum atomic E-state index is -0.772. The van der Waals surface area contributed by atoms with E-state index in [-0.39, 0.29) is 23.1 Å². The van der Waals surface area contributed by atoms with E-state index in [1.54, 1.807) is 48.8 Å². The molecule has 0 aliphatic heterocycles. The largest absolute Gasteiger partial charge is 0.493 e. The zero-order valence-electron chi connectivity index (χ0n) is 14.2. The van der Waals surface area contributed by atoms with E-state index in [4.69, 9.17) is 19.9 Å². The Morgan fingerprint density at radius 1 is 0.962 bits per heavy atom. The van der Waals surface area contributed by atoms with Crippen molar-refractivity contribution in [3.8, 4) is 34.5 Å². The number of ether oxygens (including phenoxy) is 3. The smallest absolute Gasteiger partial charge is 0.271 e. The molecule has 1 amide bonds. The number of benzene rings is 1. The van der Waals surface area contributed by atoms with Crippen LogP contribution in [0.15, 0.2) is 48.8 Å². The van der Waals surface area contributed by atoms with Crippen molar-refractivity contribution in [1.82, 2.24) is 15.0 Å². The summed E-state index contributed by atoms with van der Waals surface area (Å²) < 4.78 is 16.4. The first-order chi connectivity index (χ1) is 12.6. The van der Waals surface area contributed by atoms with Crippen LogP contribution in [0, 0.1) is 0 Å². The second-order valence-electron chi connectivity index (χ2n) is 5.09. The minimum absolute atomic E-state index is 0.0160. The first-order valence-corrected chi connectivity index (χ1v) is 7.61. The first-order valence-electron chi connectivity index (χ1n) is 7.61. The van der Waals surface area contributed by atoms with Gasteiger partial charge >= 0.3 is 0 Å². The van der Waals surface area contributed by atoms with Crippen LogP contribution in [0.3, 0.4) is 0 Å². The molecule has 3 aromatic rings. The van der Waals surface area contributed by atoms with Crippen molar-refractivity contribution in [3.05, 3.63) is 54.5 Å². The van der Waals surface area contributed by atoms with Crippen molar-refractivity contribution in [2.75, 3.05) is 14.2 Å². The number of nitrogens with two attached hydrogens (primary N) is 1. The Morgan fingerprint density at radius 2 is 1.65 bits per heavy atom. The molecule has 0 aliphatic carbocycles. The highest BCUT2D eigenvalue weighted by molar-refractivity contribution is 5.95. The number of primary amides is 1. The number of carbonyl (C=O) groups excluding carboxylic acids is 1. The molecule has 2 N–H and O–H groups in total. The molecule has 26 heavy (non-hydrogen) atoms. The molecule has 0 bridgehead atoms. The van der Waals surface area contributed by atoms with Crippen LogP contribution in [0.5, 0.6) is 23.1 Å². The molecule has 0 fully saturated rings. The zero-order chi connectivity index (χ0) is 18.5. The summed E-state index contributed by atoms with van der Waals surface area (Å²) in [4.78, 5) is 24.5. The van der Waals surface area contributed by atoms with Gasteiger partial charge in [-0.1, -0.05) is 12.1 Å². The van der Waals surface area contributed by atoms with Gasteiger partial charge in [0.05, 0.1) is 14.2 Å². The first kappa shape index (κ1) is 17.2. The Balaban J connectivity index is 2.14. The van der Waals surface area contributed by atoms with Crippen LogP contribution < -0.4 is 19.9 Å². The summed E-state index contributed by atoms with van der Waals surface area (Å²) in [7, 11) is 2.93. The Bertz CT molecular complexity index is 932. The van der Waals surface area contributed by atoms with Crippen LogP contribution in [-0.2, 0) is 0 Å². The molecule has 132 valence electrons. The van der Waals surface area contributed by atoms with E-state index in [0.29, 0.717) is 17.1 Å². The predicted octanol–water partition coefficient (Wildman–Crippen LogP) is 2.45. The lowest BCUT2D eigenvalue weighted by atomic mass is 10.2. The maximum atomic E-state index is 12.0. The fourth-order valence-electron chi connectivity index (χ4n) is 2.27. The zero-order valence-corrected chi connectivity index (χ0v) is 14.2. The van der Waals surface area contributed by atoms with Crippen molar-refractivity contribution in [2.24, 2.45) is 5.73 Å². The standard InChI is InChI=1S/C18H16N4O4/c1-24-12-5-3-4-6-13(12)26-15-14(16(19)23)21-17(22-18(15)25-2)11-7-9-20-10-8-11/h3-10H,1-2H3,(H2,19,23). The summed E-state index contributed by atoms with van der Waals surface area (Å²) in [5, 5.41) is 0. The third kappa shape index (κ3) is 3.39. The summed E-state index contributed by atoms with van der Waals surface area (Å²) in [5.41, 5.74) is 6.06. The fraction of sp³-hybridized carbons (Fsp3) is 0.111. The van der Waals surface area contributed by atoms with Crippen molar-refractivity contribution in [3.63, 3.8) is 0 Å². The third-order valence-corrected chi connectivity index (χ3v) is 3.48. The Morgan fingerprint density at radius 3 is 2.27 bits per heavy atom. The van der Waals surface area contributed by atoms with Crippen LogP contribution in [0.25, 0.3) is 11.4 Å². The third-order valence-electron chi connectivity index (χ3n) is 3.48. The molecule has 3 rings (SSSR count). The lowest BCUT2D eigenvalue weighted by Gasteiger charge is -2.15. The normalized spacial score (nSPS) is 10.2. The maximum Gasteiger partial charge on any atom is 0.271 e. The number of aromatic nitrogens is 3. The highest BCUT2D eigenvalue weighted by Gasteiger charge is 2.23. The topological polar surface area (TPSA) is 109 Å². The number of para-hydroxylation sites is 2. The van der Waals surface area contributed by atoms with Gasteiger partial charge in [0, 0.05) is 18.0 Å². The van der Waals surface area contributed by atoms with Gasteiger partial charge in [-0.3, -0.25) is 9.78 Å². The summed E-state index contributed by atoms with van der Waals surface area (Å²) in [6.45, 7) is 0. The molecule has 8 heteroatoms. The molecule has 0 saturated heterocycles. The number of hydrogen-bond donors (Lipinski definition) is 1. The van der Waals surface area contributed by atoms with Crippen molar-refractivity contribution in [1.29, 1.82) is 0 Å². The highest BCUT2D eigenvalue weighted by Crippen LogP contribution is 2.38. The van der Waals surface area contributed by atoms with Crippen molar-refractivity contribution >= 4 is 5.91 Å². The average molecular weight is 352 g/mol. The van der Waals surface area contributed by atoms with Gasteiger partial charge in [0.1, 0.15) is 0 Å². The molecule has 1 aromatic carbocycles. The van der Waals surface area contributed by atoms with E-state index in [9.17, 15) is 4.79 Å². The van der Waals surface area contributed by atoms with Gasteiger partial charge in [0.25, 0.3) is 11.8 Å². The molecule has 0 spiro atoms. The Kier molecular flexibility index (Phi) is 4.93. The molecule has 8 nitrogen and oxygen atoms in total. The molecule has 0 saturated carbocycles. The average Bonchev–Trinajstić information content (AvgIpc) is 2.68. The quantitative estimate of drug-likeness (QED) is 0.725. The lowest BCUT2D eigenvalue weighted by molar-refractivity contribution is 0.0992. The van der Waals surface area contributed by atoms with Gasteiger partial charge in [0.15, 0.2) is 23.0 Å². The monoisotopic (exact) mass is 352 g/mol. The Hall–Kier alpha value is -3.68. The highest BCUT2D eigenvalue weighted by atomic mass is 16.5. The van der Waals surface area contributed by atoms with Crippen LogP contribution in [-0.4, -0.2) is 35.1 Å². The molecular weight excluding hydrogens is 336 g/mol. The van der Waals surface area contributed by atoms with Gasteiger partial charge in [0.2, 0.25) is 5.75 Å². The van der Waals surface area contributed by atoms with Crippen molar-refractivity contribution < 1.29 is 19.0 Å². The molecule has 0 radical (unpaired) electrons. The number of methoxy groups -OCH3 is 2. The molecule has 0 aliphatic rings. The summed E-state index contributed by atoms with van der Waals surface area (Å²) in [6, 6.07) is 10.4. The fourth-order valence-corrected chi connectivity index (χ4v) is 2.27. The van der Waals surface area contributed by atoms with Crippen molar-refractivity contribution in [2.45, 2.75) is 0 Å². The van der Waals surface area contributed by atoms with E-state index in [1.807, 2.05) is 0 Å². The van der Waals surface area contributed by atoms with Crippen LogP contribution in [0.1, 0.15) is 10.5 Å². The summed E-state index contributed by atoms with van der Waals surface area (Å²) >= 11 is 0. The summed E-state index contributed by atoms with van der Waals surface area (Å²) in [6.07, 6.45) is 3.18. The van der Waals surface area contributed by atoms with E-state index < -0.39 is 5.91 Å². The van der Waals surface area contributed by atoms with Gasteiger partial charge in [-0.2, -0.15) is 4.98 Å². The number of hydrogen-bond acceptors (Lipinski definition) is 7. The predicted molar refractivity (Wildman–Crippen MR) is 93.4 cm³/mol. The van der Waals surface area contributed by atoms with Crippen LogP contribution in [0.2, 0.25) is 0 Å². The number of amides is 1. The van der Waals surface area contributed by atoms with Crippen LogP contribution in [0.4, 0.5) is 0 Å². The maximum absolute atomic E-state index is 12.0. The second kappa shape index (κ2) is 7.47. The van der Waals surface area contributed by atoms with Crippen LogP contribution >= 0.6 is 0 Å². The Labute approximate surface area is 149 Å². The molecule has 2 aromatic heterocycles. The van der Waals surface area contributed by atoms with E-state index >= 15 is 0 Å². The number of rotatable bonds is 6. The van der Waals surface area contributed by atoms with Gasteiger partial charge < -0.3 is 19.9 Å². The van der Waals surface area contributed by atoms with E-state index in [0.717, 1.165) is 0 Å². The molecule has 0 unspecified atom stereocenters. The van der Waals surface area contributed by atoms with Gasteiger partial charge in [-0.15, -0.1) is 0 Å². The number of carbonyl (C=O) groups is 1. The molecular formula is C18H16N4O4. The van der Waals surface area contributed by atoms with E-state index in [2.05, 4.69) is 15.0 Å².